The van der Waals surface area contributed by atoms with Gasteiger partial charge >= 0.3 is 6.03 Å². The molecule has 0 aromatic heterocycles. The highest BCUT2D eigenvalue weighted by molar-refractivity contribution is 6.31. The Labute approximate surface area is 136 Å². The van der Waals surface area contributed by atoms with Crippen molar-refractivity contribution in [3.05, 3.63) is 58.6 Å². The van der Waals surface area contributed by atoms with Gasteiger partial charge in [-0.1, -0.05) is 50.6 Å². The molecule has 3 nitrogen and oxygen atoms in total. The molecular formula is C18H21ClN2O. The van der Waals surface area contributed by atoms with Gasteiger partial charge < -0.3 is 10.6 Å². The van der Waals surface area contributed by atoms with Gasteiger partial charge in [-0.2, -0.15) is 0 Å². The zero-order valence-electron chi connectivity index (χ0n) is 13.3. The Morgan fingerprint density at radius 2 is 1.64 bits per heavy atom. The van der Waals surface area contributed by atoms with Crippen molar-refractivity contribution >= 4 is 29.0 Å². The van der Waals surface area contributed by atoms with Gasteiger partial charge in [-0.3, -0.25) is 0 Å². The number of amides is 2. The zero-order valence-corrected chi connectivity index (χ0v) is 14.1. The first-order valence-electron chi connectivity index (χ1n) is 7.20. The fraction of sp³-hybridized carbons (Fsp3) is 0.278. The highest BCUT2D eigenvalue weighted by Crippen LogP contribution is 2.24. The molecule has 2 amide bonds. The van der Waals surface area contributed by atoms with E-state index >= 15 is 0 Å². The summed E-state index contributed by atoms with van der Waals surface area (Å²) in [4.78, 5) is 12.1. The molecule has 2 N–H and O–H groups in total. The number of benzene rings is 2. The minimum absolute atomic E-state index is 0.0959. The second-order valence-corrected chi connectivity index (χ2v) is 6.80. The number of hydrogen-bond donors (Lipinski definition) is 2. The molecule has 22 heavy (non-hydrogen) atoms. The van der Waals surface area contributed by atoms with Crippen molar-refractivity contribution < 1.29 is 4.79 Å². The summed E-state index contributed by atoms with van der Waals surface area (Å²) < 4.78 is 0. The second-order valence-electron chi connectivity index (χ2n) is 6.37. The van der Waals surface area contributed by atoms with E-state index in [-0.39, 0.29) is 11.4 Å². The summed E-state index contributed by atoms with van der Waals surface area (Å²) in [5.74, 6) is 0. The maximum atomic E-state index is 12.1. The van der Waals surface area contributed by atoms with Crippen LogP contribution in [-0.2, 0) is 5.41 Å². The lowest BCUT2D eigenvalue weighted by molar-refractivity contribution is 0.262. The van der Waals surface area contributed by atoms with Crippen LogP contribution >= 0.6 is 11.6 Å². The van der Waals surface area contributed by atoms with E-state index < -0.39 is 0 Å². The molecule has 0 spiro atoms. The SMILES string of the molecule is Cc1ccc(Cl)cc1NC(=O)Nc1ccc(C(C)(C)C)cc1. The Bertz CT molecular complexity index is 672. The van der Waals surface area contributed by atoms with Crippen LogP contribution < -0.4 is 10.6 Å². The van der Waals surface area contributed by atoms with Crippen LogP contribution in [0.5, 0.6) is 0 Å². The van der Waals surface area contributed by atoms with Crippen molar-refractivity contribution in [2.45, 2.75) is 33.1 Å². The number of nitrogens with one attached hydrogen (secondary N) is 2. The van der Waals surface area contributed by atoms with E-state index in [2.05, 4.69) is 31.4 Å². The number of carbonyl (C=O) groups excluding carboxylic acids is 1. The molecule has 116 valence electrons. The maximum absolute atomic E-state index is 12.1. The third-order valence-electron chi connectivity index (χ3n) is 3.46. The van der Waals surface area contributed by atoms with Gasteiger partial charge in [0.05, 0.1) is 0 Å². The smallest absolute Gasteiger partial charge is 0.308 e. The molecule has 2 aromatic rings. The normalized spacial score (nSPS) is 11.1. The van der Waals surface area contributed by atoms with Gasteiger partial charge in [-0.05, 0) is 47.7 Å². The number of urea groups is 1. The second kappa shape index (κ2) is 6.41. The minimum atomic E-state index is -0.283. The summed E-state index contributed by atoms with van der Waals surface area (Å²) >= 11 is 5.95. The predicted octanol–water partition coefficient (Wildman–Crippen LogP) is 5.59. The van der Waals surface area contributed by atoms with Crippen LogP contribution in [0.15, 0.2) is 42.5 Å². The third-order valence-corrected chi connectivity index (χ3v) is 3.69. The first-order valence-corrected chi connectivity index (χ1v) is 7.58. The van der Waals surface area contributed by atoms with Crippen molar-refractivity contribution in [3.63, 3.8) is 0 Å². The molecule has 0 radical (unpaired) electrons. The highest BCUT2D eigenvalue weighted by Gasteiger charge is 2.13. The van der Waals surface area contributed by atoms with Crippen LogP contribution in [0.1, 0.15) is 31.9 Å². The van der Waals surface area contributed by atoms with Crippen molar-refractivity contribution in [1.29, 1.82) is 0 Å². The Kier molecular flexibility index (Phi) is 4.77. The van der Waals surface area contributed by atoms with E-state index in [9.17, 15) is 4.79 Å². The number of anilines is 2. The molecule has 0 heterocycles. The van der Waals surface area contributed by atoms with Gasteiger partial charge in [0.25, 0.3) is 0 Å². The van der Waals surface area contributed by atoms with Crippen molar-refractivity contribution in [3.8, 4) is 0 Å². The molecule has 0 saturated carbocycles. The van der Waals surface area contributed by atoms with E-state index in [1.165, 1.54) is 5.56 Å². The minimum Gasteiger partial charge on any atom is -0.308 e. The Hall–Kier alpha value is -2.00. The summed E-state index contributed by atoms with van der Waals surface area (Å²) in [7, 11) is 0. The predicted molar refractivity (Wildman–Crippen MR) is 94.0 cm³/mol. The first-order chi connectivity index (χ1) is 10.3. The molecule has 0 fully saturated rings. The highest BCUT2D eigenvalue weighted by atomic mass is 35.5. The van der Waals surface area contributed by atoms with Gasteiger partial charge in [0.2, 0.25) is 0 Å². The number of aryl methyl sites for hydroxylation is 1. The van der Waals surface area contributed by atoms with Gasteiger partial charge in [-0.25, -0.2) is 4.79 Å². The monoisotopic (exact) mass is 316 g/mol. The molecule has 4 heteroatoms. The fourth-order valence-electron chi connectivity index (χ4n) is 2.07. The molecule has 2 rings (SSSR count). The molecule has 0 aliphatic rings. The third kappa shape index (κ3) is 4.25. The zero-order chi connectivity index (χ0) is 16.3. The van der Waals surface area contributed by atoms with Crippen molar-refractivity contribution in [2.75, 3.05) is 10.6 Å². The molecule has 2 aromatic carbocycles. The van der Waals surface area contributed by atoms with Crippen LogP contribution in [0.3, 0.4) is 0 Å². The molecular weight excluding hydrogens is 296 g/mol. The summed E-state index contributed by atoms with van der Waals surface area (Å²) in [5.41, 5.74) is 3.74. The van der Waals surface area contributed by atoms with E-state index in [4.69, 9.17) is 11.6 Å². The molecule has 0 saturated heterocycles. The summed E-state index contributed by atoms with van der Waals surface area (Å²) in [6.07, 6.45) is 0. The average Bonchev–Trinajstić information content (AvgIpc) is 2.42. The molecule has 0 unspecified atom stereocenters. The summed E-state index contributed by atoms with van der Waals surface area (Å²) in [5, 5.41) is 6.23. The molecule has 0 aliphatic carbocycles. The van der Waals surface area contributed by atoms with E-state index in [0.717, 1.165) is 11.3 Å². The van der Waals surface area contributed by atoms with Crippen LogP contribution in [-0.4, -0.2) is 6.03 Å². The van der Waals surface area contributed by atoms with Crippen LogP contribution in [0, 0.1) is 6.92 Å². The van der Waals surface area contributed by atoms with Crippen molar-refractivity contribution in [1.82, 2.24) is 0 Å². The summed E-state index contributed by atoms with van der Waals surface area (Å²) in [6, 6.07) is 13.0. The van der Waals surface area contributed by atoms with E-state index in [1.54, 1.807) is 12.1 Å². The van der Waals surface area contributed by atoms with Gasteiger partial charge in [-0.15, -0.1) is 0 Å². The lowest BCUT2D eigenvalue weighted by Crippen LogP contribution is -2.20. The first kappa shape index (κ1) is 16.4. The Balaban J connectivity index is 2.04. The van der Waals surface area contributed by atoms with Gasteiger partial charge in [0.1, 0.15) is 0 Å². The Morgan fingerprint density at radius 1 is 1.00 bits per heavy atom. The topological polar surface area (TPSA) is 41.1 Å². The largest absolute Gasteiger partial charge is 0.323 e. The quantitative estimate of drug-likeness (QED) is 0.745. The standard InChI is InChI=1S/C18H21ClN2O/c1-12-5-8-14(19)11-16(12)21-17(22)20-15-9-6-13(7-10-15)18(2,3)4/h5-11H,1-4H3,(H2,20,21,22). The van der Waals surface area contributed by atoms with E-state index in [1.807, 2.05) is 37.3 Å². The lowest BCUT2D eigenvalue weighted by atomic mass is 9.87. The lowest BCUT2D eigenvalue weighted by Gasteiger charge is -2.19. The maximum Gasteiger partial charge on any atom is 0.323 e. The van der Waals surface area contributed by atoms with Crippen LogP contribution in [0.4, 0.5) is 16.2 Å². The number of halogens is 1. The van der Waals surface area contributed by atoms with E-state index in [0.29, 0.717) is 10.7 Å². The Morgan fingerprint density at radius 3 is 2.23 bits per heavy atom. The molecule has 0 atom stereocenters. The van der Waals surface area contributed by atoms with Gasteiger partial charge in [0, 0.05) is 16.4 Å². The molecule has 0 bridgehead atoms. The summed E-state index contributed by atoms with van der Waals surface area (Å²) in [6.45, 7) is 8.39. The molecule has 0 aliphatic heterocycles. The van der Waals surface area contributed by atoms with Gasteiger partial charge in [0.15, 0.2) is 0 Å². The fourth-order valence-corrected chi connectivity index (χ4v) is 2.24. The van der Waals surface area contributed by atoms with Crippen LogP contribution in [0.25, 0.3) is 0 Å². The average molecular weight is 317 g/mol. The number of rotatable bonds is 2. The number of hydrogen-bond acceptors (Lipinski definition) is 1. The number of carbonyl (C=O) groups is 1. The van der Waals surface area contributed by atoms with Crippen molar-refractivity contribution in [2.24, 2.45) is 0 Å². The van der Waals surface area contributed by atoms with Crippen LogP contribution in [0.2, 0.25) is 5.02 Å².